The largest absolute Gasteiger partial charge is 0.479 e. The molecule has 0 aliphatic carbocycles. The molecule has 1 N–H and O–H groups in total. The lowest BCUT2D eigenvalue weighted by molar-refractivity contribution is -0.139. The van der Waals surface area contributed by atoms with Crippen molar-refractivity contribution in [1.82, 2.24) is 9.66 Å². The van der Waals surface area contributed by atoms with E-state index in [0.29, 0.717) is 32.8 Å². The lowest BCUT2D eigenvalue weighted by atomic mass is 10.2. The summed E-state index contributed by atoms with van der Waals surface area (Å²) in [6, 6.07) is 16.8. The molecule has 180 valence electrons. The first-order valence-electron chi connectivity index (χ1n) is 10.4. The fraction of sp³-hybridized carbons (Fsp3) is 0.0400. The number of fused-ring (bicyclic) bond motifs is 2. The molecule has 5 aromatic rings. The molecule has 5 rings (SSSR count). The Morgan fingerprint density at radius 3 is 2.58 bits per heavy atom. The van der Waals surface area contributed by atoms with Gasteiger partial charge in [0.25, 0.3) is 5.56 Å². The number of hydrogen-bond donors (Lipinski definition) is 1. The van der Waals surface area contributed by atoms with Gasteiger partial charge < -0.3 is 14.3 Å². The van der Waals surface area contributed by atoms with Gasteiger partial charge in [0, 0.05) is 10.4 Å². The first kappa shape index (κ1) is 23.9. The van der Waals surface area contributed by atoms with Crippen molar-refractivity contribution in [2.75, 3.05) is 6.61 Å². The molecule has 0 saturated heterocycles. The zero-order valence-corrected chi connectivity index (χ0v) is 20.4. The van der Waals surface area contributed by atoms with Crippen LogP contribution in [0, 0.1) is 0 Å². The van der Waals surface area contributed by atoms with Gasteiger partial charge in [-0.2, -0.15) is 9.78 Å². The number of carbonyl (C=O) groups is 1. The van der Waals surface area contributed by atoms with E-state index in [0.717, 1.165) is 10.1 Å². The van der Waals surface area contributed by atoms with E-state index >= 15 is 0 Å². The highest BCUT2D eigenvalue weighted by Gasteiger charge is 2.17. The molecule has 0 aliphatic rings. The van der Waals surface area contributed by atoms with Crippen LogP contribution >= 0.6 is 34.8 Å². The molecule has 11 heteroatoms. The van der Waals surface area contributed by atoms with E-state index < -0.39 is 18.1 Å². The first-order chi connectivity index (χ1) is 17.3. The van der Waals surface area contributed by atoms with Gasteiger partial charge >= 0.3 is 5.97 Å². The molecule has 2 heterocycles. The second kappa shape index (κ2) is 9.66. The Balaban J connectivity index is 1.62. The Morgan fingerprint density at radius 1 is 1.08 bits per heavy atom. The highest BCUT2D eigenvalue weighted by Crippen LogP contribution is 2.34. The molecule has 0 fully saturated rings. The fourth-order valence-electron chi connectivity index (χ4n) is 3.56. The lowest BCUT2D eigenvalue weighted by Crippen LogP contribution is -2.20. The molecule has 0 spiro atoms. The molecular weight excluding hydrogens is 529 g/mol. The zero-order valence-electron chi connectivity index (χ0n) is 18.1. The van der Waals surface area contributed by atoms with Crippen LogP contribution < -0.4 is 10.3 Å². The topological polar surface area (TPSA) is 107 Å². The van der Waals surface area contributed by atoms with Crippen LogP contribution in [0.2, 0.25) is 15.1 Å². The Kier molecular flexibility index (Phi) is 6.40. The van der Waals surface area contributed by atoms with E-state index in [1.54, 1.807) is 48.5 Å². The van der Waals surface area contributed by atoms with Gasteiger partial charge in [0.05, 0.1) is 27.2 Å². The number of benzene rings is 3. The van der Waals surface area contributed by atoms with Gasteiger partial charge in [-0.3, -0.25) is 4.79 Å². The number of aliphatic carboxylic acids is 1. The van der Waals surface area contributed by atoms with Gasteiger partial charge in [-0.25, -0.2) is 9.78 Å². The third kappa shape index (κ3) is 4.66. The Bertz CT molecular complexity index is 1720. The first-order valence-corrected chi connectivity index (χ1v) is 11.5. The number of nitrogens with zero attached hydrogens (tertiary/aromatic N) is 3. The maximum Gasteiger partial charge on any atom is 0.341 e. The summed E-state index contributed by atoms with van der Waals surface area (Å²) in [4.78, 5) is 28.8. The van der Waals surface area contributed by atoms with E-state index in [1.807, 2.05) is 0 Å². The van der Waals surface area contributed by atoms with E-state index in [-0.39, 0.29) is 21.6 Å². The minimum absolute atomic E-state index is 0.0315. The number of carboxylic acids is 1. The number of aromatic nitrogens is 2. The van der Waals surface area contributed by atoms with Gasteiger partial charge in [-0.05, 0) is 54.1 Å². The van der Waals surface area contributed by atoms with Crippen molar-refractivity contribution in [3.05, 3.63) is 91.6 Å². The standard InChI is InChI=1S/C25H14Cl3N3O5/c26-15-5-6-20-14(9-15)10-21(36-20)24-30-19-4-2-1-3-16(19)25(34)31(24)29-11-13-7-17(27)23(18(28)8-13)35-12-22(32)33/h1-11H,12H2,(H,32,33). The molecule has 3 aromatic carbocycles. The van der Waals surface area contributed by atoms with Gasteiger partial charge in [0.2, 0.25) is 5.82 Å². The van der Waals surface area contributed by atoms with Crippen LogP contribution in [-0.4, -0.2) is 33.6 Å². The van der Waals surface area contributed by atoms with Crippen LogP contribution in [0.1, 0.15) is 5.56 Å². The number of carboxylic acid groups (broad SMARTS) is 1. The van der Waals surface area contributed by atoms with Crippen LogP contribution in [0.5, 0.6) is 5.75 Å². The zero-order chi connectivity index (χ0) is 25.4. The summed E-state index contributed by atoms with van der Waals surface area (Å²) in [7, 11) is 0. The average Bonchev–Trinajstić information content (AvgIpc) is 3.25. The molecular formula is C25H14Cl3N3O5. The summed E-state index contributed by atoms with van der Waals surface area (Å²) in [5.74, 6) is -0.637. The maximum atomic E-state index is 13.4. The summed E-state index contributed by atoms with van der Waals surface area (Å²) in [5, 5.41) is 15.0. The molecule has 0 radical (unpaired) electrons. The van der Waals surface area contributed by atoms with Gasteiger partial charge in [0.1, 0.15) is 5.58 Å². The van der Waals surface area contributed by atoms with Gasteiger partial charge in [0.15, 0.2) is 18.1 Å². The molecule has 0 bridgehead atoms. The van der Waals surface area contributed by atoms with Crippen molar-refractivity contribution in [3.8, 4) is 17.3 Å². The second-order valence-corrected chi connectivity index (χ2v) is 8.85. The molecule has 0 atom stereocenters. The quantitative estimate of drug-likeness (QED) is 0.259. The van der Waals surface area contributed by atoms with Crippen molar-refractivity contribution < 1.29 is 19.1 Å². The third-order valence-corrected chi connectivity index (χ3v) is 5.93. The average molecular weight is 543 g/mol. The normalized spacial score (nSPS) is 11.5. The smallest absolute Gasteiger partial charge is 0.341 e. The number of furan rings is 1. The lowest BCUT2D eigenvalue weighted by Gasteiger charge is -2.09. The second-order valence-electron chi connectivity index (χ2n) is 7.60. The monoisotopic (exact) mass is 541 g/mol. The van der Waals surface area contributed by atoms with E-state index in [9.17, 15) is 9.59 Å². The Morgan fingerprint density at radius 2 is 1.83 bits per heavy atom. The van der Waals surface area contributed by atoms with Crippen LogP contribution in [0.4, 0.5) is 0 Å². The minimum Gasteiger partial charge on any atom is -0.479 e. The van der Waals surface area contributed by atoms with Crippen LogP contribution in [0.15, 0.2) is 75.0 Å². The Labute approximate surface area is 217 Å². The van der Waals surface area contributed by atoms with Gasteiger partial charge in [-0.15, -0.1) is 0 Å². The maximum absolute atomic E-state index is 13.4. The Hall–Kier alpha value is -3.85. The predicted octanol–water partition coefficient (Wildman–Crippen LogP) is 6.12. The van der Waals surface area contributed by atoms with E-state index in [4.69, 9.17) is 49.1 Å². The van der Waals surface area contributed by atoms with Crippen molar-refractivity contribution >= 4 is 68.9 Å². The summed E-state index contributed by atoms with van der Waals surface area (Å²) < 4.78 is 12.2. The predicted molar refractivity (Wildman–Crippen MR) is 139 cm³/mol. The molecule has 0 amide bonds. The van der Waals surface area contributed by atoms with E-state index in [2.05, 4.69) is 10.1 Å². The fourth-order valence-corrected chi connectivity index (χ4v) is 4.36. The van der Waals surface area contributed by atoms with Crippen LogP contribution in [0.25, 0.3) is 33.5 Å². The van der Waals surface area contributed by atoms with Crippen LogP contribution in [0.3, 0.4) is 0 Å². The number of para-hydroxylation sites is 1. The highest BCUT2D eigenvalue weighted by molar-refractivity contribution is 6.37. The highest BCUT2D eigenvalue weighted by atomic mass is 35.5. The van der Waals surface area contributed by atoms with Gasteiger partial charge in [-0.1, -0.05) is 46.9 Å². The molecule has 0 saturated carbocycles. The van der Waals surface area contributed by atoms with Crippen molar-refractivity contribution in [2.24, 2.45) is 5.10 Å². The number of halogens is 3. The summed E-state index contributed by atoms with van der Waals surface area (Å²) in [5.41, 5.74) is 1.08. The van der Waals surface area contributed by atoms with Crippen molar-refractivity contribution in [1.29, 1.82) is 0 Å². The number of rotatable bonds is 6. The molecule has 2 aromatic heterocycles. The van der Waals surface area contributed by atoms with Crippen molar-refractivity contribution in [3.63, 3.8) is 0 Å². The molecule has 36 heavy (non-hydrogen) atoms. The van der Waals surface area contributed by atoms with E-state index in [1.165, 1.54) is 18.3 Å². The summed E-state index contributed by atoms with van der Waals surface area (Å²) in [6.45, 7) is -0.600. The van der Waals surface area contributed by atoms with Crippen LogP contribution in [-0.2, 0) is 4.79 Å². The SMILES string of the molecule is O=C(O)COc1c(Cl)cc(C=Nn2c(-c3cc4cc(Cl)ccc4o3)nc3ccccc3c2=O)cc1Cl. The number of ether oxygens (including phenoxy) is 1. The minimum atomic E-state index is -1.17. The summed E-state index contributed by atoms with van der Waals surface area (Å²) in [6.07, 6.45) is 1.37. The summed E-state index contributed by atoms with van der Waals surface area (Å²) >= 11 is 18.5. The molecule has 0 aliphatic heterocycles. The number of hydrogen-bond acceptors (Lipinski definition) is 6. The molecule has 0 unspecified atom stereocenters. The molecule has 8 nitrogen and oxygen atoms in total. The van der Waals surface area contributed by atoms with Crippen molar-refractivity contribution in [2.45, 2.75) is 0 Å². The third-order valence-electron chi connectivity index (χ3n) is 5.14.